The molecule has 0 aliphatic rings. The Labute approximate surface area is 77.4 Å². The number of carbonyl (C=O) groups is 2. The van der Waals surface area contributed by atoms with Gasteiger partial charge in [-0.3, -0.25) is 0 Å². The highest BCUT2D eigenvalue weighted by atomic mass is 16.5. The Morgan fingerprint density at radius 1 is 1.54 bits per heavy atom. The minimum absolute atomic E-state index is 0.338. The summed E-state index contributed by atoms with van der Waals surface area (Å²) in [6, 6.07) is 0. The Hall–Kier alpha value is -1.52. The molecular weight excluding hydrogens is 174 g/mol. The largest absolute Gasteiger partial charge is 0.478 e. The predicted molar refractivity (Wildman–Crippen MR) is 48.5 cm³/mol. The van der Waals surface area contributed by atoms with Crippen molar-refractivity contribution in [2.24, 2.45) is 0 Å². The Balaban J connectivity index is 0. The molecule has 0 fully saturated rings. The zero-order valence-corrected chi connectivity index (χ0v) is 7.87. The van der Waals surface area contributed by atoms with Crippen LogP contribution in [0.15, 0.2) is 12.7 Å². The molecule has 0 aliphatic carbocycles. The number of nitrogens with one attached hydrogen (secondary N) is 1. The van der Waals surface area contributed by atoms with Crippen molar-refractivity contribution in [1.29, 1.82) is 0 Å². The van der Waals surface area contributed by atoms with E-state index in [-0.39, 0.29) is 6.09 Å². The average molecular weight is 189 g/mol. The lowest BCUT2D eigenvalue weighted by atomic mass is 10.7. The Bertz CT molecular complexity index is 160. The van der Waals surface area contributed by atoms with E-state index in [1.54, 1.807) is 6.92 Å². The second-order valence-corrected chi connectivity index (χ2v) is 1.79. The van der Waals surface area contributed by atoms with Gasteiger partial charge < -0.3 is 15.2 Å². The van der Waals surface area contributed by atoms with Crippen molar-refractivity contribution in [2.45, 2.75) is 13.8 Å². The number of ether oxygens (including phenoxy) is 1. The summed E-state index contributed by atoms with van der Waals surface area (Å²) in [5, 5.41) is 10.1. The lowest BCUT2D eigenvalue weighted by Gasteiger charge is -1.99. The molecule has 0 aromatic carbocycles. The van der Waals surface area contributed by atoms with Gasteiger partial charge in [0, 0.05) is 12.6 Å². The van der Waals surface area contributed by atoms with Crippen molar-refractivity contribution < 1.29 is 19.4 Å². The molecule has 0 saturated carbocycles. The molecule has 0 heterocycles. The van der Waals surface area contributed by atoms with E-state index in [1.165, 1.54) is 0 Å². The normalized spacial score (nSPS) is 7.54. The van der Waals surface area contributed by atoms with Gasteiger partial charge in [0.05, 0.1) is 6.61 Å². The summed E-state index contributed by atoms with van der Waals surface area (Å²) in [5.74, 6) is -0.981. The smallest absolute Gasteiger partial charge is 0.407 e. The topological polar surface area (TPSA) is 75.6 Å². The Morgan fingerprint density at radius 3 is 2.23 bits per heavy atom. The summed E-state index contributed by atoms with van der Waals surface area (Å²) in [6.07, 6.45) is 0.495. The minimum atomic E-state index is -0.981. The molecular formula is C8H15NO4. The zero-order valence-electron chi connectivity index (χ0n) is 7.87. The summed E-state index contributed by atoms with van der Waals surface area (Å²) >= 11 is 0. The van der Waals surface area contributed by atoms with Gasteiger partial charge in [0.15, 0.2) is 0 Å². The first-order valence-corrected chi connectivity index (χ1v) is 3.84. The van der Waals surface area contributed by atoms with Gasteiger partial charge >= 0.3 is 12.1 Å². The van der Waals surface area contributed by atoms with Crippen LogP contribution in [0.25, 0.3) is 0 Å². The predicted octanol–water partition coefficient (Wildman–Crippen LogP) is 1.01. The molecule has 5 nitrogen and oxygen atoms in total. The number of carboxylic acid groups (broad SMARTS) is 1. The Morgan fingerprint density at radius 2 is 2.00 bits per heavy atom. The number of amides is 1. The third kappa shape index (κ3) is 17.9. The fourth-order valence-corrected chi connectivity index (χ4v) is 0.326. The molecule has 0 aliphatic heterocycles. The molecule has 0 unspecified atom stereocenters. The first-order chi connectivity index (χ1) is 6.08. The first-order valence-electron chi connectivity index (χ1n) is 3.84. The van der Waals surface area contributed by atoms with Crippen molar-refractivity contribution in [2.75, 3.05) is 13.2 Å². The van der Waals surface area contributed by atoms with Crippen molar-refractivity contribution >= 4 is 12.1 Å². The van der Waals surface area contributed by atoms with E-state index >= 15 is 0 Å². The van der Waals surface area contributed by atoms with E-state index in [0.29, 0.717) is 13.2 Å². The molecule has 0 spiro atoms. The van der Waals surface area contributed by atoms with Gasteiger partial charge in [0.25, 0.3) is 0 Å². The van der Waals surface area contributed by atoms with E-state index < -0.39 is 5.97 Å². The summed E-state index contributed by atoms with van der Waals surface area (Å²) in [7, 11) is 0. The van der Waals surface area contributed by atoms with Crippen LogP contribution in [0.2, 0.25) is 0 Å². The molecule has 0 rings (SSSR count). The highest BCUT2D eigenvalue weighted by Crippen LogP contribution is 1.72. The lowest BCUT2D eigenvalue weighted by molar-refractivity contribution is -0.131. The maximum absolute atomic E-state index is 10.3. The molecule has 13 heavy (non-hydrogen) atoms. The van der Waals surface area contributed by atoms with Crippen LogP contribution in [0, 0.1) is 0 Å². The van der Waals surface area contributed by atoms with E-state index in [0.717, 1.165) is 6.08 Å². The number of carbonyl (C=O) groups excluding carboxylic acids is 1. The van der Waals surface area contributed by atoms with E-state index in [9.17, 15) is 9.59 Å². The van der Waals surface area contributed by atoms with Gasteiger partial charge in [-0.05, 0) is 13.8 Å². The summed E-state index contributed by atoms with van der Waals surface area (Å²) in [4.78, 5) is 19.6. The van der Waals surface area contributed by atoms with Crippen LogP contribution < -0.4 is 5.32 Å². The maximum atomic E-state index is 10.3. The molecule has 76 valence electrons. The fourth-order valence-electron chi connectivity index (χ4n) is 0.326. The van der Waals surface area contributed by atoms with Crippen molar-refractivity contribution in [1.82, 2.24) is 5.32 Å². The van der Waals surface area contributed by atoms with Crippen molar-refractivity contribution in [3.05, 3.63) is 12.7 Å². The molecule has 0 saturated heterocycles. The van der Waals surface area contributed by atoms with Gasteiger partial charge in [-0.2, -0.15) is 0 Å². The van der Waals surface area contributed by atoms with Crippen LogP contribution in [0.5, 0.6) is 0 Å². The van der Waals surface area contributed by atoms with Crippen LogP contribution in [0.4, 0.5) is 4.79 Å². The number of rotatable bonds is 3. The van der Waals surface area contributed by atoms with Crippen LogP contribution >= 0.6 is 0 Å². The lowest BCUT2D eigenvalue weighted by Crippen LogP contribution is -2.23. The Kier molecular flexibility index (Phi) is 11.3. The monoisotopic (exact) mass is 189 g/mol. The number of hydrogen-bond acceptors (Lipinski definition) is 3. The summed E-state index contributed by atoms with van der Waals surface area (Å²) in [6.45, 7) is 7.64. The van der Waals surface area contributed by atoms with Crippen molar-refractivity contribution in [3.8, 4) is 0 Å². The molecule has 0 radical (unpaired) electrons. The molecule has 0 bridgehead atoms. The average Bonchev–Trinajstić information content (AvgIpc) is 2.06. The van der Waals surface area contributed by atoms with Gasteiger partial charge in [0.1, 0.15) is 0 Å². The quantitative estimate of drug-likeness (QED) is 0.649. The third-order valence-electron chi connectivity index (χ3n) is 0.771. The third-order valence-corrected chi connectivity index (χ3v) is 0.771. The van der Waals surface area contributed by atoms with Crippen molar-refractivity contribution in [3.63, 3.8) is 0 Å². The van der Waals surface area contributed by atoms with Crippen LogP contribution in [0.1, 0.15) is 13.8 Å². The first kappa shape index (κ1) is 14.0. The highest BCUT2D eigenvalue weighted by molar-refractivity contribution is 5.78. The van der Waals surface area contributed by atoms with Gasteiger partial charge in [-0.25, -0.2) is 9.59 Å². The maximum Gasteiger partial charge on any atom is 0.407 e. The minimum Gasteiger partial charge on any atom is -0.478 e. The molecule has 2 N–H and O–H groups in total. The fraction of sp³-hybridized carbons (Fsp3) is 0.500. The van der Waals surface area contributed by atoms with Gasteiger partial charge in [-0.15, -0.1) is 0 Å². The van der Waals surface area contributed by atoms with E-state index in [4.69, 9.17) is 5.11 Å². The van der Waals surface area contributed by atoms with E-state index in [2.05, 4.69) is 16.6 Å². The molecule has 0 aromatic heterocycles. The summed E-state index contributed by atoms with van der Waals surface area (Å²) < 4.78 is 4.53. The molecule has 0 aromatic rings. The van der Waals surface area contributed by atoms with E-state index in [1.807, 2.05) is 6.92 Å². The molecule has 5 heteroatoms. The van der Waals surface area contributed by atoms with Crippen LogP contribution in [0.3, 0.4) is 0 Å². The number of alkyl carbamates (subject to hydrolysis) is 1. The standard InChI is InChI=1S/C5H11NO2.C3H4O2/c1-3-6-5(7)8-4-2;1-2-3(4)5/h3-4H2,1-2H3,(H,6,7);2H,1H2,(H,4,5). The molecule has 0 atom stereocenters. The second-order valence-electron chi connectivity index (χ2n) is 1.79. The SMILES string of the molecule is C=CC(=O)O.CCNC(=O)OCC. The van der Waals surface area contributed by atoms with Crippen LogP contribution in [-0.2, 0) is 9.53 Å². The van der Waals surface area contributed by atoms with Crippen LogP contribution in [-0.4, -0.2) is 30.3 Å². The zero-order chi connectivity index (χ0) is 10.7. The summed E-state index contributed by atoms with van der Waals surface area (Å²) in [5.41, 5.74) is 0. The number of aliphatic carboxylic acids is 1. The molecule has 1 amide bonds. The van der Waals surface area contributed by atoms with Gasteiger partial charge in [-0.1, -0.05) is 6.58 Å². The number of carboxylic acids is 1. The van der Waals surface area contributed by atoms with Gasteiger partial charge in [0.2, 0.25) is 0 Å². The highest BCUT2D eigenvalue weighted by Gasteiger charge is 1.92. The number of hydrogen-bond donors (Lipinski definition) is 2. The second kappa shape index (κ2) is 10.5.